The maximum Gasteiger partial charge on any atom is 0.131 e. The summed E-state index contributed by atoms with van der Waals surface area (Å²) in [6.45, 7) is 2.80. The first-order valence-corrected chi connectivity index (χ1v) is 4.84. The van der Waals surface area contributed by atoms with Crippen LogP contribution in [0.4, 0.5) is 0 Å². The van der Waals surface area contributed by atoms with E-state index in [1.807, 2.05) is 6.92 Å². The third-order valence-corrected chi connectivity index (χ3v) is 1.76. The van der Waals surface area contributed by atoms with Crippen LogP contribution in [-0.4, -0.2) is 36.2 Å². The van der Waals surface area contributed by atoms with Crippen molar-refractivity contribution >= 4 is 6.21 Å². The van der Waals surface area contributed by atoms with E-state index >= 15 is 0 Å². The summed E-state index contributed by atoms with van der Waals surface area (Å²) < 4.78 is 5.33. The molecule has 1 rings (SSSR count). The van der Waals surface area contributed by atoms with E-state index in [1.165, 1.54) is 0 Å². The molecule has 0 amide bonds. The second-order valence-corrected chi connectivity index (χ2v) is 2.91. The molecule has 0 aliphatic heterocycles. The first-order valence-electron chi connectivity index (χ1n) is 4.84. The van der Waals surface area contributed by atoms with Crippen LogP contribution in [0.2, 0.25) is 0 Å². The maximum absolute atomic E-state index is 9.27. The lowest BCUT2D eigenvalue weighted by molar-refractivity contribution is 0.307. The molecule has 1 aromatic rings. The van der Waals surface area contributed by atoms with Gasteiger partial charge in [-0.3, -0.25) is 4.99 Å². The molecule has 82 valence electrons. The molecular weight excluding hydrogens is 194 g/mol. The van der Waals surface area contributed by atoms with E-state index in [-0.39, 0.29) is 12.4 Å². The summed E-state index contributed by atoms with van der Waals surface area (Å²) in [7, 11) is 0. The van der Waals surface area contributed by atoms with Gasteiger partial charge in [0.05, 0.1) is 19.8 Å². The van der Waals surface area contributed by atoms with Gasteiger partial charge in [-0.15, -0.1) is 0 Å². The summed E-state index contributed by atoms with van der Waals surface area (Å²) in [5, 5.41) is 17.8. The lowest BCUT2D eigenvalue weighted by Crippen LogP contribution is -1.96. The van der Waals surface area contributed by atoms with Gasteiger partial charge in [0, 0.05) is 17.8 Å². The molecule has 2 N–H and O–H groups in total. The van der Waals surface area contributed by atoms with Gasteiger partial charge in [0.25, 0.3) is 0 Å². The predicted octanol–water partition coefficient (Wildman–Crippen LogP) is 1.20. The molecule has 1 aromatic carbocycles. The number of nitrogens with zero attached hydrogens (tertiary/aromatic N) is 1. The fourth-order valence-electron chi connectivity index (χ4n) is 1.13. The van der Waals surface area contributed by atoms with E-state index < -0.39 is 0 Å². The molecule has 15 heavy (non-hydrogen) atoms. The topological polar surface area (TPSA) is 62.0 Å². The molecule has 0 aromatic heterocycles. The van der Waals surface area contributed by atoms with E-state index in [4.69, 9.17) is 9.84 Å². The van der Waals surface area contributed by atoms with Gasteiger partial charge in [0.2, 0.25) is 0 Å². The van der Waals surface area contributed by atoms with E-state index in [1.54, 1.807) is 24.4 Å². The van der Waals surface area contributed by atoms with Crippen LogP contribution >= 0.6 is 0 Å². The number of rotatable bonds is 5. The van der Waals surface area contributed by atoms with Gasteiger partial charge in [-0.2, -0.15) is 0 Å². The molecule has 0 heterocycles. The number of aromatic hydroxyl groups is 1. The van der Waals surface area contributed by atoms with Crippen molar-refractivity contribution in [1.29, 1.82) is 0 Å². The summed E-state index contributed by atoms with van der Waals surface area (Å²) in [5.74, 6) is 0.761. The largest absolute Gasteiger partial charge is 0.508 e. The second kappa shape index (κ2) is 6.03. The Morgan fingerprint density at radius 1 is 1.47 bits per heavy atom. The van der Waals surface area contributed by atoms with Gasteiger partial charge in [-0.25, -0.2) is 0 Å². The minimum absolute atomic E-state index is 0.0263. The quantitative estimate of drug-likeness (QED) is 0.716. The zero-order valence-electron chi connectivity index (χ0n) is 8.68. The van der Waals surface area contributed by atoms with Crippen LogP contribution in [0.25, 0.3) is 0 Å². The highest BCUT2D eigenvalue weighted by atomic mass is 16.5. The standard InChI is InChI=1S/C11H15NO3/c1-2-15-11-7-10(14)4-3-9(11)8-12-5-6-13/h3-4,7-8,13-14H,2,5-6H2,1H3. The van der Waals surface area contributed by atoms with Crippen molar-refractivity contribution in [1.82, 2.24) is 0 Å². The number of aliphatic hydroxyl groups is 1. The Morgan fingerprint density at radius 3 is 2.93 bits per heavy atom. The first kappa shape index (κ1) is 11.5. The van der Waals surface area contributed by atoms with E-state index in [2.05, 4.69) is 4.99 Å². The molecule has 0 atom stereocenters. The number of hydrogen-bond acceptors (Lipinski definition) is 4. The number of aliphatic imine (C=N–C) groups is 1. The van der Waals surface area contributed by atoms with Gasteiger partial charge in [0.15, 0.2) is 0 Å². The Morgan fingerprint density at radius 2 is 2.27 bits per heavy atom. The molecule has 0 saturated carbocycles. The van der Waals surface area contributed by atoms with Gasteiger partial charge in [-0.1, -0.05) is 0 Å². The Balaban J connectivity index is 2.85. The highest BCUT2D eigenvalue weighted by Crippen LogP contribution is 2.22. The Kier molecular flexibility index (Phi) is 4.63. The molecule has 0 aliphatic rings. The van der Waals surface area contributed by atoms with Crippen molar-refractivity contribution in [3.8, 4) is 11.5 Å². The molecule has 0 bridgehead atoms. The monoisotopic (exact) mass is 209 g/mol. The Hall–Kier alpha value is -1.55. The molecule has 4 nitrogen and oxygen atoms in total. The highest BCUT2D eigenvalue weighted by Gasteiger charge is 2.01. The predicted molar refractivity (Wildman–Crippen MR) is 58.8 cm³/mol. The number of benzene rings is 1. The highest BCUT2D eigenvalue weighted by molar-refractivity contribution is 5.83. The normalized spacial score (nSPS) is 10.8. The zero-order valence-corrected chi connectivity index (χ0v) is 8.68. The average Bonchev–Trinajstić information content (AvgIpc) is 2.22. The summed E-state index contributed by atoms with van der Waals surface area (Å²) in [6, 6.07) is 4.84. The fraction of sp³-hybridized carbons (Fsp3) is 0.364. The summed E-state index contributed by atoms with van der Waals surface area (Å²) in [4.78, 5) is 4.00. The average molecular weight is 209 g/mol. The zero-order chi connectivity index (χ0) is 11.1. The summed E-state index contributed by atoms with van der Waals surface area (Å²) in [6.07, 6.45) is 1.63. The number of phenols is 1. The van der Waals surface area contributed by atoms with E-state index in [0.717, 1.165) is 5.56 Å². The first-order chi connectivity index (χ1) is 7.27. The van der Waals surface area contributed by atoms with Crippen molar-refractivity contribution in [3.05, 3.63) is 23.8 Å². The van der Waals surface area contributed by atoms with Gasteiger partial charge < -0.3 is 14.9 Å². The summed E-state index contributed by atoms with van der Waals surface area (Å²) in [5.41, 5.74) is 0.795. The number of aliphatic hydroxyl groups excluding tert-OH is 1. The molecule has 4 heteroatoms. The molecule has 0 aliphatic carbocycles. The minimum Gasteiger partial charge on any atom is -0.508 e. The van der Waals surface area contributed by atoms with Crippen LogP contribution in [0.3, 0.4) is 0 Å². The van der Waals surface area contributed by atoms with Crippen LogP contribution in [0, 0.1) is 0 Å². The molecular formula is C11H15NO3. The number of hydrogen-bond donors (Lipinski definition) is 2. The summed E-state index contributed by atoms with van der Waals surface area (Å²) >= 11 is 0. The fourth-order valence-corrected chi connectivity index (χ4v) is 1.13. The number of ether oxygens (including phenoxy) is 1. The van der Waals surface area contributed by atoms with Crippen LogP contribution in [0.5, 0.6) is 11.5 Å². The van der Waals surface area contributed by atoms with E-state index in [9.17, 15) is 5.11 Å². The van der Waals surface area contributed by atoms with Crippen LogP contribution < -0.4 is 4.74 Å². The lowest BCUT2D eigenvalue weighted by Gasteiger charge is -2.06. The SMILES string of the molecule is CCOc1cc(O)ccc1C=NCCO. The van der Waals surface area contributed by atoms with E-state index in [0.29, 0.717) is 18.9 Å². The van der Waals surface area contributed by atoms with Crippen molar-refractivity contribution < 1.29 is 14.9 Å². The minimum atomic E-state index is 0.0263. The third kappa shape index (κ3) is 3.59. The second-order valence-electron chi connectivity index (χ2n) is 2.91. The van der Waals surface area contributed by atoms with Gasteiger partial charge in [0.1, 0.15) is 11.5 Å². The van der Waals surface area contributed by atoms with Crippen molar-refractivity contribution in [2.45, 2.75) is 6.92 Å². The maximum atomic E-state index is 9.27. The smallest absolute Gasteiger partial charge is 0.131 e. The third-order valence-electron chi connectivity index (χ3n) is 1.76. The molecule has 0 radical (unpaired) electrons. The molecule has 0 fully saturated rings. The van der Waals surface area contributed by atoms with Crippen molar-refractivity contribution in [2.75, 3.05) is 19.8 Å². The van der Waals surface area contributed by atoms with Gasteiger partial charge in [-0.05, 0) is 19.1 Å². The van der Waals surface area contributed by atoms with Crippen molar-refractivity contribution in [2.24, 2.45) is 4.99 Å². The van der Waals surface area contributed by atoms with Crippen LogP contribution in [-0.2, 0) is 0 Å². The van der Waals surface area contributed by atoms with Gasteiger partial charge >= 0.3 is 0 Å². The molecule has 0 unspecified atom stereocenters. The molecule has 0 saturated heterocycles. The van der Waals surface area contributed by atoms with Crippen molar-refractivity contribution in [3.63, 3.8) is 0 Å². The Bertz CT molecular complexity index is 337. The molecule has 0 spiro atoms. The number of phenolic OH excluding ortho intramolecular Hbond substituents is 1. The lowest BCUT2D eigenvalue weighted by atomic mass is 10.2. The van der Waals surface area contributed by atoms with Crippen LogP contribution in [0.1, 0.15) is 12.5 Å². The Labute approximate surface area is 88.9 Å². The van der Waals surface area contributed by atoms with Crippen LogP contribution in [0.15, 0.2) is 23.2 Å².